The van der Waals surface area contributed by atoms with E-state index in [4.69, 9.17) is 4.52 Å². The first kappa shape index (κ1) is 15.9. The van der Waals surface area contributed by atoms with Crippen molar-refractivity contribution in [2.24, 2.45) is 0 Å². The van der Waals surface area contributed by atoms with Crippen molar-refractivity contribution in [1.29, 1.82) is 0 Å². The Kier molecular flexibility index (Phi) is 5.00. The van der Waals surface area contributed by atoms with E-state index in [-0.39, 0.29) is 18.5 Å². The van der Waals surface area contributed by atoms with Crippen LogP contribution in [0.3, 0.4) is 0 Å². The van der Waals surface area contributed by atoms with E-state index in [9.17, 15) is 4.79 Å². The summed E-state index contributed by atoms with van der Waals surface area (Å²) in [4.78, 5) is 16.6. The maximum absolute atomic E-state index is 12.3. The van der Waals surface area contributed by atoms with Crippen LogP contribution in [0.4, 0.5) is 0 Å². The number of rotatable bonds is 7. The third kappa shape index (κ3) is 3.87. The van der Waals surface area contributed by atoms with Crippen molar-refractivity contribution in [2.75, 3.05) is 0 Å². The standard InChI is InChI=1S/C17H19N5O2/c1-2-14(22-10-6-9-19-22)17(23)18-12-16-20-15(21-24-16)11-13-7-4-3-5-8-13/h3-10,14H,2,11-12H2,1H3,(H,18,23)/t14-/m1/s1. The van der Waals surface area contributed by atoms with Crippen LogP contribution in [0.5, 0.6) is 0 Å². The zero-order valence-electron chi connectivity index (χ0n) is 13.4. The lowest BCUT2D eigenvalue weighted by molar-refractivity contribution is -0.125. The van der Waals surface area contributed by atoms with E-state index in [1.807, 2.05) is 37.3 Å². The molecule has 7 heteroatoms. The molecule has 3 rings (SSSR count). The fourth-order valence-electron chi connectivity index (χ4n) is 2.45. The first-order chi connectivity index (χ1) is 11.8. The summed E-state index contributed by atoms with van der Waals surface area (Å²) in [5.41, 5.74) is 1.11. The summed E-state index contributed by atoms with van der Waals surface area (Å²) in [6.07, 6.45) is 4.68. The molecule has 0 aliphatic carbocycles. The second-order valence-corrected chi connectivity index (χ2v) is 5.39. The van der Waals surface area contributed by atoms with Crippen LogP contribution in [0.15, 0.2) is 53.3 Å². The molecule has 0 fully saturated rings. The molecule has 7 nitrogen and oxygen atoms in total. The lowest BCUT2D eigenvalue weighted by Gasteiger charge is -2.14. The number of nitrogens with zero attached hydrogens (tertiary/aromatic N) is 4. The SMILES string of the molecule is CC[C@H](C(=O)NCc1nc(Cc2ccccc2)no1)n1cccn1. The maximum atomic E-state index is 12.3. The predicted octanol–water partition coefficient (Wildman–Crippen LogP) is 2.12. The Hall–Kier alpha value is -2.96. The first-order valence-electron chi connectivity index (χ1n) is 7.88. The van der Waals surface area contributed by atoms with Crippen LogP contribution in [0.1, 0.15) is 36.7 Å². The maximum Gasteiger partial charge on any atom is 0.246 e. The third-order valence-corrected chi connectivity index (χ3v) is 3.66. The molecular formula is C17H19N5O2. The van der Waals surface area contributed by atoms with Gasteiger partial charge < -0.3 is 9.84 Å². The molecule has 0 saturated carbocycles. The van der Waals surface area contributed by atoms with E-state index < -0.39 is 0 Å². The van der Waals surface area contributed by atoms with E-state index >= 15 is 0 Å². The fraction of sp³-hybridized carbons (Fsp3) is 0.294. The monoisotopic (exact) mass is 325 g/mol. The predicted molar refractivity (Wildman–Crippen MR) is 86.9 cm³/mol. The van der Waals surface area contributed by atoms with Crippen molar-refractivity contribution in [3.8, 4) is 0 Å². The number of benzene rings is 1. The summed E-state index contributed by atoms with van der Waals surface area (Å²) in [5.74, 6) is 0.873. The molecule has 0 aliphatic rings. The number of aromatic nitrogens is 4. The number of hydrogen-bond acceptors (Lipinski definition) is 5. The van der Waals surface area contributed by atoms with Gasteiger partial charge in [-0.2, -0.15) is 10.1 Å². The number of carbonyl (C=O) groups excluding carboxylic acids is 1. The highest BCUT2D eigenvalue weighted by Gasteiger charge is 2.19. The van der Waals surface area contributed by atoms with E-state index in [1.165, 1.54) is 0 Å². The van der Waals surface area contributed by atoms with Gasteiger partial charge in [0.05, 0.1) is 6.54 Å². The second-order valence-electron chi connectivity index (χ2n) is 5.39. The summed E-state index contributed by atoms with van der Waals surface area (Å²) in [6, 6.07) is 11.4. The van der Waals surface area contributed by atoms with Crippen LogP contribution in [0, 0.1) is 0 Å². The van der Waals surface area contributed by atoms with Gasteiger partial charge in [0.2, 0.25) is 11.8 Å². The molecule has 2 heterocycles. The molecule has 3 aromatic rings. The first-order valence-corrected chi connectivity index (χ1v) is 7.88. The van der Waals surface area contributed by atoms with Gasteiger partial charge in [-0.3, -0.25) is 9.48 Å². The Balaban J connectivity index is 1.56. The van der Waals surface area contributed by atoms with E-state index in [0.717, 1.165) is 5.56 Å². The summed E-state index contributed by atoms with van der Waals surface area (Å²) in [6.45, 7) is 2.15. The third-order valence-electron chi connectivity index (χ3n) is 3.66. The number of hydrogen-bond donors (Lipinski definition) is 1. The highest BCUT2D eigenvalue weighted by Crippen LogP contribution is 2.10. The van der Waals surface area contributed by atoms with Gasteiger partial charge in [-0.05, 0) is 18.1 Å². The highest BCUT2D eigenvalue weighted by atomic mass is 16.5. The molecular weight excluding hydrogens is 306 g/mol. The molecule has 1 atom stereocenters. The Morgan fingerprint density at radius 1 is 1.29 bits per heavy atom. The lowest BCUT2D eigenvalue weighted by Crippen LogP contribution is -2.32. The Labute approximate surface area is 139 Å². The van der Waals surface area contributed by atoms with Crippen molar-refractivity contribution in [2.45, 2.75) is 32.4 Å². The molecule has 1 aromatic carbocycles. The molecule has 2 aromatic heterocycles. The minimum absolute atomic E-state index is 0.121. The van der Waals surface area contributed by atoms with E-state index in [0.29, 0.717) is 24.6 Å². The van der Waals surface area contributed by atoms with Crippen molar-refractivity contribution >= 4 is 5.91 Å². The smallest absolute Gasteiger partial charge is 0.246 e. The summed E-state index contributed by atoms with van der Waals surface area (Å²) in [5, 5.41) is 10.9. The number of nitrogens with one attached hydrogen (secondary N) is 1. The van der Waals surface area contributed by atoms with Crippen molar-refractivity contribution < 1.29 is 9.32 Å². The van der Waals surface area contributed by atoms with Crippen LogP contribution in [-0.2, 0) is 17.8 Å². The van der Waals surface area contributed by atoms with Gasteiger partial charge in [0.15, 0.2) is 5.82 Å². The van der Waals surface area contributed by atoms with Gasteiger partial charge in [-0.1, -0.05) is 42.4 Å². The average Bonchev–Trinajstić information content (AvgIpc) is 3.27. The van der Waals surface area contributed by atoms with Gasteiger partial charge in [0.1, 0.15) is 6.04 Å². The Morgan fingerprint density at radius 2 is 2.12 bits per heavy atom. The topological polar surface area (TPSA) is 85.8 Å². The second kappa shape index (κ2) is 7.54. The summed E-state index contributed by atoms with van der Waals surface area (Å²) in [7, 11) is 0. The van der Waals surface area contributed by atoms with E-state index in [1.54, 1.807) is 23.1 Å². The van der Waals surface area contributed by atoms with Gasteiger partial charge >= 0.3 is 0 Å². The molecule has 0 radical (unpaired) electrons. The quantitative estimate of drug-likeness (QED) is 0.719. The molecule has 0 bridgehead atoms. The van der Waals surface area contributed by atoms with Crippen molar-refractivity contribution in [3.63, 3.8) is 0 Å². The highest BCUT2D eigenvalue weighted by molar-refractivity contribution is 5.79. The average molecular weight is 325 g/mol. The van der Waals surface area contributed by atoms with E-state index in [2.05, 4.69) is 20.6 Å². The Morgan fingerprint density at radius 3 is 2.83 bits per heavy atom. The molecule has 0 aliphatic heterocycles. The molecule has 0 spiro atoms. The van der Waals surface area contributed by atoms with Gasteiger partial charge in [-0.15, -0.1) is 0 Å². The summed E-state index contributed by atoms with van der Waals surface area (Å²) >= 11 is 0. The van der Waals surface area contributed by atoms with Crippen LogP contribution in [-0.4, -0.2) is 25.8 Å². The number of amides is 1. The van der Waals surface area contributed by atoms with Crippen molar-refractivity contribution in [1.82, 2.24) is 25.2 Å². The minimum atomic E-state index is -0.341. The van der Waals surface area contributed by atoms with Crippen LogP contribution < -0.4 is 5.32 Å². The fourth-order valence-corrected chi connectivity index (χ4v) is 2.45. The molecule has 24 heavy (non-hydrogen) atoms. The molecule has 124 valence electrons. The van der Waals surface area contributed by atoms with Gasteiger partial charge in [-0.25, -0.2) is 0 Å². The number of carbonyl (C=O) groups is 1. The van der Waals surface area contributed by atoms with Crippen LogP contribution in [0.25, 0.3) is 0 Å². The normalized spacial score (nSPS) is 12.0. The minimum Gasteiger partial charge on any atom is -0.345 e. The molecule has 0 unspecified atom stereocenters. The van der Waals surface area contributed by atoms with Gasteiger partial charge in [0.25, 0.3) is 0 Å². The van der Waals surface area contributed by atoms with Crippen LogP contribution in [0.2, 0.25) is 0 Å². The lowest BCUT2D eigenvalue weighted by atomic mass is 10.1. The summed E-state index contributed by atoms with van der Waals surface area (Å²) < 4.78 is 6.84. The van der Waals surface area contributed by atoms with Crippen LogP contribution >= 0.6 is 0 Å². The molecule has 1 N–H and O–H groups in total. The van der Waals surface area contributed by atoms with Crippen molar-refractivity contribution in [3.05, 3.63) is 66.1 Å². The zero-order valence-corrected chi connectivity index (χ0v) is 13.4. The zero-order chi connectivity index (χ0) is 16.8. The largest absolute Gasteiger partial charge is 0.345 e. The molecule has 0 saturated heterocycles. The Bertz CT molecular complexity index is 767. The molecule has 1 amide bonds. The van der Waals surface area contributed by atoms with Gasteiger partial charge in [0, 0.05) is 18.8 Å².